The molecule has 4 nitrogen and oxygen atoms in total. The number of hydrogen-bond donors (Lipinski definition) is 2. The number of amides is 2. The Balaban J connectivity index is 2.94. The van der Waals surface area contributed by atoms with Gasteiger partial charge in [-0.25, -0.2) is 0 Å². The topological polar surface area (TPSA) is 58.2 Å². The SMILES string of the molecule is CC/C=C(/C)C(=O)Nc1ccccc1C(=O)NC(C)C. The summed E-state index contributed by atoms with van der Waals surface area (Å²) in [5.41, 5.74) is 1.64. The molecule has 1 rings (SSSR count). The summed E-state index contributed by atoms with van der Waals surface area (Å²) in [6.45, 7) is 7.52. The van der Waals surface area contributed by atoms with Gasteiger partial charge in [0.05, 0.1) is 11.3 Å². The van der Waals surface area contributed by atoms with Gasteiger partial charge in [0.2, 0.25) is 0 Å². The predicted molar refractivity (Wildman–Crippen MR) is 81.7 cm³/mol. The Morgan fingerprint density at radius 1 is 1.25 bits per heavy atom. The van der Waals surface area contributed by atoms with E-state index >= 15 is 0 Å². The van der Waals surface area contributed by atoms with Crippen LogP contribution in [0.4, 0.5) is 5.69 Å². The van der Waals surface area contributed by atoms with Crippen LogP contribution in [0.1, 0.15) is 44.5 Å². The van der Waals surface area contributed by atoms with Crippen LogP contribution < -0.4 is 10.6 Å². The lowest BCUT2D eigenvalue weighted by Gasteiger charge is -2.13. The Morgan fingerprint density at radius 2 is 1.90 bits per heavy atom. The monoisotopic (exact) mass is 274 g/mol. The van der Waals surface area contributed by atoms with Crippen LogP contribution in [0.25, 0.3) is 0 Å². The molecule has 0 aliphatic rings. The molecule has 2 amide bonds. The van der Waals surface area contributed by atoms with Crippen LogP contribution in [-0.4, -0.2) is 17.9 Å². The van der Waals surface area contributed by atoms with Crippen molar-refractivity contribution in [3.05, 3.63) is 41.5 Å². The van der Waals surface area contributed by atoms with Crippen molar-refractivity contribution in [3.63, 3.8) is 0 Å². The first-order valence-electron chi connectivity index (χ1n) is 6.83. The van der Waals surface area contributed by atoms with Gasteiger partial charge in [0.1, 0.15) is 0 Å². The maximum Gasteiger partial charge on any atom is 0.253 e. The van der Waals surface area contributed by atoms with Gasteiger partial charge in [-0.05, 0) is 39.3 Å². The van der Waals surface area contributed by atoms with E-state index in [0.29, 0.717) is 16.8 Å². The van der Waals surface area contributed by atoms with Crippen molar-refractivity contribution in [2.24, 2.45) is 0 Å². The highest BCUT2D eigenvalue weighted by atomic mass is 16.2. The third kappa shape index (κ3) is 4.53. The van der Waals surface area contributed by atoms with Gasteiger partial charge in [0.25, 0.3) is 11.8 Å². The van der Waals surface area contributed by atoms with Gasteiger partial charge in [-0.2, -0.15) is 0 Å². The van der Waals surface area contributed by atoms with E-state index in [1.807, 2.05) is 26.8 Å². The van der Waals surface area contributed by atoms with Crippen molar-refractivity contribution in [3.8, 4) is 0 Å². The van der Waals surface area contributed by atoms with Crippen molar-refractivity contribution < 1.29 is 9.59 Å². The zero-order valence-corrected chi connectivity index (χ0v) is 12.5. The number of carbonyl (C=O) groups is 2. The van der Waals surface area contributed by atoms with Crippen LogP contribution in [0.15, 0.2) is 35.9 Å². The molecule has 0 radical (unpaired) electrons. The first kappa shape index (κ1) is 16.0. The predicted octanol–water partition coefficient (Wildman–Crippen LogP) is 3.12. The number of hydrogen-bond acceptors (Lipinski definition) is 2. The molecule has 20 heavy (non-hydrogen) atoms. The number of para-hydroxylation sites is 1. The molecular formula is C16H22N2O2. The molecule has 4 heteroatoms. The van der Waals surface area contributed by atoms with Crippen molar-refractivity contribution in [1.82, 2.24) is 5.32 Å². The van der Waals surface area contributed by atoms with Crippen LogP contribution in [-0.2, 0) is 4.79 Å². The second kappa shape index (κ2) is 7.48. The maximum absolute atomic E-state index is 12.1. The van der Waals surface area contributed by atoms with Gasteiger partial charge in [0.15, 0.2) is 0 Å². The van der Waals surface area contributed by atoms with Crippen molar-refractivity contribution in [1.29, 1.82) is 0 Å². The van der Waals surface area contributed by atoms with Crippen LogP contribution in [0.2, 0.25) is 0 Å². The van der Waals surface area contributed by atoms with Gasteiger partial charge in [0, 0.05) is 11.6 Å². The third-order valence-corrected chi connectivity index (χ3v) is 2.71. The number of anilines is 1. The second-order valence-corrected chi connectivity index (χ2v) is 4.92. The number of nitrogens with one attached hydrogen (secondary N) is 2. The van der Waals surface area contributed by atoms with Gasteiger partial charge in [-0.3, -0.25) is 9.59 Å². The molecule has 0 aliphatic carbocycles. The summed E-state index contributed by atoms with van der Waals surface area (Å²) in [6, 6.07) is 7.05. The molecule has 0 unspecified atom stereocenters. The minimum Gasteiger partial charge on any atom is -0.350 e. The highest BCUT2D eigenvalue weighted by Crippen LogP contribution is 2.16. The Morgan fingerprint density at radius 3 is 2.50 bits per heavy atom. The lowest BCUT2D eigenvalue weighted by molar-refractivity contribution is -0.112. The minimum atomic E-state index is -0.187. The van der Waals surface area contributed by atoms with Gasteiger partial charge in [-0.1, -0.05) is 25.1 Å². The summed E-state index contributed by atoms with van der Waals surface area (Å²) in [6.07, 6.45) is 2.65. The fourth-order valence-corrected chi connectivity index (χ4v) is 1.75. The number of benzene rings is 1. The first-order chi connectivity index (χ1) is 9.45. The summed E-state index contributed by atoms with van der Waals surface area (Å²) in [5.74, 6) is -0.371. The average Bonchev–Trinajstić information content (AvgIpc) is 2.38. The molecule has 1 aromatic carbocycles. The molecule has 0 saturated heterocycles. The van der Waals surface area contributed by atoms with Crippen molar-refractivity contribution in [2.45, 2.75) is 40.2 Å². The fraction of sp³-hybridized carbons (Fsp3) is 0.375. The molecule has 0 fully saturated rings. The first-order valence-corrected chi connectivity index (χ1v) is 6.83. The molecule has 0 aromatic heterocycles. The molecule has 0 atom stereocenters. The Bertz CT molecular complexity index is 519. The van der Waals surface area contributed by atoms with Gasteiger partial charge >= 0.3 is 0 Å². The highest BCUT2D eigenvalue weighted by molar-refractivity contribution is 6.08. The molecule has 0 heterocycles. The van der Waals surface area contributed by atoms with E-state index in [2.05, 4.69) is 10.6 Å². The summed E-state index contributed by atoms with van der Waals surface area (Å²) < 4.78 is 0. The van der Waals surface area contributed by atoms with Crippen molar-refractivity contribution in [2.75, 3.05) is 5.32 Å². The minimum absolute atomic E-state index is 0.0491. The van der Waals surface area contributed by atoms with E-state index < -0.39 is 0 Å². The Hall–Kier alpha value is -2.10. The number of carbonyl (C=O) groups excluding carboxylic acids is 2. The molecule has 2 N–H and O–H groups in total. The molecule has 0 spiro atoms. The smallest absolute Gasteiger partial charge is 0.253 e. The normalized spacial score (nSPS) is 11.3. The van der Waals surface area contributed by atoms with E-state index in [0.717, 1.165) is 6.42 Å². The van der Waals surface area contributed by atoms with Gasteiger partial charge in [-0.15, -0.1) is 0 Å². The molecular weight excluding hydrogens is 252 g/mol. The van der Waals surface area contributed by atoms with Gasteiger partial charge < -0.3 is 10.6 Å². The van der Waals surface area contributed by atoms with Crippen LogP contribution in [0, 0.1) is 0 Å². The standard InChI is InChI=1S/C16H22N2O2/c1-5-8-12(4)15(19)18-14-10-7-6-9-13(14)16(20)17-11(2)3/h6-11H,5H2,1-4H3,(H,17,20)(H,18,19)/b12-8-. The van der Waals surface area contributed by atoms with E-state index in [1.54, 1.807) is 31.2 Å². The Labute approximate surface area is 120 Å². The van der Waals surface area contributed by atoms with Crippen molar-refractivity contribution >= 4 is 17.5 Å². The third-order valence-electron chi connectivity index (χ3n) is 2.71. The van der Waals surface area contributed by atoms with Crippen LogP contribution in [0.5, 0.6) is 0 Å². The number of rotatable bonds is 5. The summed E-state index contributed by atoms with van der Waals surface area (Å²) in [4.78, 5) is 24.1. The van der Waals surface area contributed by atoms with E-state index in [9.17, 15) is 9.59 Å². The molecule has 0 bridgehead atoms. The average molecular weight is 274 g/mol. The summed E-state index contributed by atoms with van der Waals surface area (Å²) in [7, 11) is 0. The van der Waals surface area contributed by atoms with E-state index in [1.165, 1.54) is 0 Å². The Kier molecular flexibility index (Phi) is 5.97. The van der Waals surface area contributed by atoms with E-state index in [4.69, 9.17) is 0 Å². The fourth-order valence-electron chi connectivity index (χ4n) is 1.75. The van der Waals surface area contributed by atoms with Crippen LogP contribution >= 0.6 is 0 Å². The lowest BCUT2D eigenvalue weighted by Crippen LogP contribution is -2.31. The maximum atomic E-state index is 12.1. The molecule has 1 aromatic rings. The largest absolute Gasteiger partial charge is 0.350 e. The molecule has 108 valence electrons. The number of allylic oxidation sites excluding steroid dienone is 1. The quantitative estimate of drug-likeness (QED) is 0.810. The molecule has 0 saturated carbocycles. The zero-order valence-electron chi connectivity index (χ0n) is 12.5. The highest BCUT2D eigenvalue weighted by Gasteiger charge is 2.14. The van der Waals surface area contributed by atoms with E-state index in [-0.39, 0.29) is 17.9 Å². The zero-order chi connectivity index (χ0) is 15.1. The summed E-state index contributed by atoms with van der Waals surface area (Å²) >= 11 is 0. The second-order valence-electron chi connectivity index (χ2n) is 4.92. The van der Waals surface area contributed by atoms with Crippen LogP contribution in [0.3, 0.4) is 0 Å². The summed E-state index contributed by atoms with van der Waals surface area (Å²) in [5, 5.41) is 5.60. The lowest BCUT2D eigenvalue weighted by atomic mass is 10.1. The molecule has 0 aliphatic heterocycles.